The number of carbonyl (C=O) groups is 1. The highest BCUT2D eigenvalue weighted by Crippen LogP contribution is 2.45. The van der Waals surface area contributed by atoms with Crippen LogP contribution in [0.1, 0.15) is 24.8 Å². The number of hydrogen-bond donors (Lipinski definition) is 2. The van der Waals surface area contributed by atoms with Crippen LogP contribution in [0.4, 0.5) is 5.69 Å². The average Bonchev–Trinajstić information content (AvgIpc) is 2.28. The predicted octanol–water partition coefficient (Wildman–Crippen LogP) is 2.11. The maximum Gasteiger partial charge on any atom is 0.234 e. The van der Waals surface area contributed by atoms with Crippen molar-refractivity contribution in [3.05, 3.63) is 23.8 Å². The molecule has 2 aliphatic rings. The lowest BCUT2D eigenvalue weighted by atomic mass is 9.64. The van der Waals surface area contributed by atoms with Crippen molar-refractivity contribution in [1.29, 1.82) is 0 Å². The Bertz CT molecular complexity index is 463. The van der Waals surface area contributed by atoms with E-state index in [4.69, 9.17) is 5.73 Å². The molecule has 90 valence electrons. The Morgan fingerprint density at radius 1 is 1.41 bits per heavy atom. The van der Waals surface area contributed by atoms with E-state index in [1.165, 1.54) is 29.7 Å². The van der Waals surface area contributed by atoms with E-state index in [0.29, 0.717) is 5.75 Å². The summed E-state index contributed by atoms with van der Waals surface area (Å²) in [5, 5.41) is 2.90. The molecule has 3 nitrogen and oxygen atoms in total. The Morgan fingerprint density at radius 2 is 2.24 bits per heavy atom. The fraction of sp³-hybridized carbons (Fsp3) is 0.462. The normalized spacial score (nSPS) is 21.4. The number of amides is 1. The fourth-order valence-corrected chi connectivity index (χ4v) is 3.46. The first kappa shape index (κ1) is 11.1. The van der Waals surface area contributed by atoms with Gasteiger partial charge in [0.15, 0.2) is 0 Å². The topological polar surface area (TPSA) is 55.1 Å². The number of rotatable bonds is 2. The van der Waals surface area contributed by atoms with Crippen molar-refractivity contribution in [1.82, 2.24) is 0 Å². The van der Waals surface area contributed by atoms with Crippen LogP contribution in [0.15, 0.2) is 23.1 Å². The molecular formula is C13H16N2OS. The van der Waals surface area contributed by atoms with Crippen molar-refractivity contribution in [2.75, 3.05) is 17.6 Å². The van der Waals surface area contributed by atoms with Gasteiger partial charge in [-0.1, -0.05) is 12.5 Å². The van der Waals surface area contributed by atoms with E-state index in [0.717, 1.165) is 12.2 Å². The van der Waals surface area contributed by atoms with Crippen LogP contribution in [0.3, 0.4) is 0 Å². The van der Waals surface area contributed by atoms with Crippen LogP contribution in [0.5, 0.6) is 0 Å². The van der Waals surface area contributed by atoms with E-state index < -0.39 is 0 Å². The van der Waals surface area contributed by atoms with Crippen LogP contribution in [0.2, 0.25) is 0 Å². The van der Waals surface area contributed by atoms with E-state index in [1.54, 1.807) is 11.8 Å². The second-order valence-electron chi connectivity index (χ2n) is 4.89. The molecule has 1 aromatic rings. The quantitative estimate of drug-likeness (QED) is 0.843. The summed E-state index contributed by atoms with van der Waals surface area (Å²) < 4.78 is 0. The number of nitrogens with two attached hydrogens (primary N) is 1. The van der Waals surface area contributed by atoms with Gasteiger partial charge in [0.1, 0.15) is 0 Å². The minimum absolute atomic E-state index is 0.0902. The molecule has 1 saturated carbocycles. The van der Waals surface area contributed by atoms with Gasteiger partial charge in [0.2, 0.25) is 5.91 Å². The number of thioether (sulfide) groups is 1. The molecule has 1 aliphatic heterocycles. The van der Waals surface area contributed by atoms with Gasteiger partial charge in [-0.05, 0) is 30.5 Å². The summed E-state index contributed by atoms with van der Waals surface area (Å²) in [5.74, 6) is 0.610. The molecule has 0 spiro atoms. The van der Waals surface area contributed by atoms with Gasteiger partial charge < -0.3 is 11.1 Å². The van der Waals surface area contributed by atoms with Crippen molar-refractivity contribution >= 4 is 23.4 Å². The molecule has 4 heteroatoms. The van der Waals surface area contributed by atoms with Gasteiger partial charge in [0.05, 0.1) is 11.4 Å². The highest BCUT2D eigenvalue weighted by atomic mass is 32.2. The lowest BCUT2D eigenvalue weighted by Gasteiger charge is -2.42. The van der Waals surface area contributed by atoms with Crippen LogP contribution in [0.25, 0.3) is 0 Å². The zero-order chi connectivity index (χ0) is 11.9. The number of anilines is 1. The summed E-state index contributed by atoms with van der Waals surface area (Å²) in [6.45, 7) is 0.725. The maximum absolute atomic E-state index is 11.3. The molecule has 0 unspecified atom stereocenters. The Morgan fingerprint density at radius 3 is 2.88 bits per heavy atom. The van der Waals surface area contributed by atoms with Crippen molar-refractivity contribution in [2.45, 2.75) is 29.6 Å². The number of fused-ring (bicyclic) bond motifs is 1. The summed E-state index contributed by atoms with van der Waals surface area (Å²) in [6, 6.07) is 6.35. The summed E-state index contributed by atoms with van der Waals surface area (Å²) in [7, 11) is 0. The molecule has 3 N–H and O–H groups in total. The van der Waals surface area contributed by atoms with Gasteiger partial charge >= 0.3 is 0 Å². The Labute approximate surface area is 105 Å². The molecule has 17 heavy (non-hydrogen) atoms. The zero-order valence-corrected chi connectivity index (χ0v) is 10.5. The Balaban J connectivity index is 1.96. The molecule has 0 radical (unpaired) electrons. The fourth-order valence-electron chi connectivity index (χ4n) is 2.62. The zero-order valence-electron chi connectivity index (χ0n) is 9.66. The minimum atomic E-state index is 0.0902. The van der Waals surface area contributed by atoms with Crippen molar-refractivity contribution in [3.8, 4) is 0 Å². The van der Waals surface area contributed by atoms with Crippen LogP contribution in [-0.2, 0) is 10.2 Å². The predicted molar refractivity (Wildman–Crippen MR) is 70.4 cm³/mol. The number of carbonyl (C=O) groups excluding carboxylic acids is 1. The lowest BCUT2D eigenvalue weighted by molar-refractivity contribution is -0.113. The highest BCUT2D eigenvalue weighted by Gasteiger charge is 2.37. The van der Waals surface area contributed by atoms with Gasteiger partial charge in [0.25, 0.3) is 0 Å². The molecule has 1 amide bonds. The first-order valence-electron chi connectivity index (χ1n) is 6.01. The standard InChI is InChI=1S/C13H16N2OS/c14-8-13(4-1-5-13)9-2-3-10-11(6-9)17-7-12(16)15-10/h2-3,6H,1,4-5,7-8,14H2,(H,15,16). The molecule has 0 aromatic heterocycles. The van der Waals surface area contributed by atoms with Gasteiger partial charge in [-0.25, -0.2) is 0 Å². The third-order valence-electron chi connectivity index (χ3n) is 3.93. The second-order valence-corrected chi connectivity index (χ2v) is 5.90. The largest absolute Gasteiger partial charge is 0.330 e. The molecule has 0 bridgehead atoms. The van der Waals surface area contributed by atoms with Crippen molar-refractivity contribution in [3.63, 3.8) is 0 Å². The first-order chi connectivity index (χ1) is 8.23. The molecular weight excluding hydrogens is 232 g/mol. The van der Waals surface area contributed by atoms with Crippen molar-refractivity contribution in [2.24, 2.45) is 5.73 Å². The van der Waals surface area contributed by atoms with Crippen molar-refractivity contribution < 1.29 is 4.79 Å². The molecule has 1 aliphatic carbocycles. The molecule has 0 atom stereocenters. The van der Waals surface area contributed by atoms with E-state index >= 15 is 0 Å². The summed E-state index contributed by atoms with van der Waals surface area (Å²) in [5.41, 5.74) is 8.41. The van der Waals surface area contributed by atoms with Gasteiger partial charge in [-0.15, -0.1) is 11.8 Å². The minimum Gasteiger partial charge on any atom is -0.330 e. The maximum atomic E-state index is 11.3. The van der Waals surface area contributed by atoms with Crippen LogP contribution in [-0.4, -0.2) is 18.2 Å². The van der Waals surface area contributed by atoms with E-state index in [-0.39, 0.29) is 11.3 Å². The molecule has 1 heterocycles. The first-order valence-corrected chi connectivity index (χ1v) is 6.99. The van der Waals surface area contributed by atoms with Gasteiger partial charge in [-0.2, -0.15) is 0 Å². The van der Waals surface area contributed by atoms with Gasteiger partial charge in [-0.3, -0.25) is 4.79 Å². The second kappa shape index (κ2) is 4.03. The SMILES string of the molecule is NCC1(c2ccc3c(c2)SCC(=O)N3)CCC1. The molecule has 1 aromatic carbocycles. The Kier molecular flexibility index (Phi) is 2.64. The summed E-state index contributed by atoms with van der Waals surface area (Å²) in [6.07, 6.45) is 3.66. The number of nitrogens with one attached hydrogen (secondary N) is 1. The monoisotopic (exact) mass is 248 g/mol. The van der Waals surface area contributed by atoms with E-state index in [1.807, 2.05) is 6.07 Å². The average molecular weight is 248 g/mol. The van der Waals surface area contributed by atoms with E-state index in [9.17, 15) is 4.79 Å². The van der Waals surface area contributed by atoms with E-state index in [2.05, 4.69) is 17.4 Å². The molecule has 1 fully saturated rings. The van der Waals surface area contributed by atoms with Crippen LogP contribution >= 0.6 is 11.8 Å². The Hall–Kier alpha value is -1.00. The third-order valence-corrected chi connectivity index (χ3v) is 4.98. The third kappa shape index (κ3) is 1.76. The summed E-state index contributed by atoms with van der Waals surface area (Å²) >= 11 is 1.62. The number of benzene rings is 1. The van der Waals surface area contributed by atoms with Gasteiger partial charge in [0, 0.05) is 16.9 Å². The smallest absolute Gasteiger partial charge is 0.234 e. The molecule has 3 rings (SSSR count). The van der Waals surface area contributed by atoms with Crippen LogP contribution < -0.4 is 11.1 Å². The number of hydrogen-bond acceptors (Lipinski definition) is 3. The van der Waals surface area contributed by atoms with Crippen LogP contribution in [0, 0.1) is 0 Å². The molecule has 0 saturated heterocycles. The highest BCUT2D eigenvalue weighted by molar-refractivity contribution is 8.00. The summed E-state index contributed by atoms with van der Waals surface area (Å²) in [4.78, 5) is 12.5. The lowest BCUT2D eigenvalue weighted by Crippen LogP contribution is -2.41.